The van der Waals surface area contributed by atoms with Crippen LogP contribution in [0.2, 0.25) is 0 Å². The minimum Gasteiger partial charge on any atom is -0.381 e. The lowest BCUT2D eigenvalue weighted by molar-refractivity contribution is -0.00303. The zero-order valence-corrected chi connectivity index (χ0v) is 14.0. The highest BCUT2D eigenvalue weighted by Crippen LogP contribution is 2.31. The van der Waals surface area contributed by atoms with E-state index in [1.807, 2.05) is 7.11 Å². The summed E-state index contributed by atoms with van der Waals surface area (Å²) in [5.41, 5.74) is 0. The summed E-state index contributed by atoms with van der Waals surface area (Å²) in [6.45, 7) is 4.85. The van der Waals surface area contributed by atoms with Crippen LogP contribution in [0.1, 0.15) is 64.7 Å². The molecular formula is C18H34N2O. The van der Waals surface area contributed by atoms with Crippen LogP contribution in [0.15, 0.2) is 0 Å². The van der Waals surface area contributed by atoms with Crippen LogP contribution >= 0.6 is 0 Å². The molecule has 3 fully saturated rings. The maximum Gasteiger partial charge on any atom is 0.0586 e. The molecule has 21 heavy (non-hydrogen) atoms. The van der Waals surface area contributed by atoms with Crippen LogP contribution in [0.5, 0.6) is 0 Å². The first-order chi connectivity index (χ1) is 10.3. The van der Waals surface area contributed by atoms with Gasteiger partial charge in [-0.05, 0) is 51.4 Å². The summed E-state index contributed by atoms with van der Waals surface area (Å²) in [5, 5.41) is 3.86. The highest BCUT2D eigenvalue weighted by molar-refractivity contribution is 4.93. The maximum absolute atomic E-state index is 5.65. The zero-order valence-electron chi connectivity index (χ0n) is 14.0. The molecule has 3 nitrogen and oxygen atoms in total. The number of ether oxygens (including phenoxy) is 1. The van der Waals surface area contributed by atoms with Crippen molar-refractivity contribution >= 4 is 0 Å². The number of rotatable bonds is 3. The largest absolute Gasteiger partial charge is 0.381 e. The van der Waals surface area contributed by atoms with Crippen LogP contribution in [-0.4, -0.2) is 49.3 Å². The van der Waals surface area contributed by atoms with E-state index in [9.17, 15) is 0 Å². The van der Waals surface area contributed by atoms with Gasteiger partial charge in [0, 0.05) is 38.3 Å². The van der Waals surface area contributed by atoms with Gasteiger partial charge in [-0.15, -0.1) is 0 Å². The standard InChI is InChI=1S/C18H34N2O/c1-14-12-19-18(15-7-4-3-5-8-15)13-20(14)16-9-6-10-17(11-16)21-2/h14-19H,3-13H2,1-2H3. The number of methoxy groups -OCH3 is 1. The normalized spacial score (nSPS) is 40.3. The lowest BCUT2D eigenvalue weighted by atomic mass is 9.81. The van der Waals surface area contributed by atoms with Crippen molar-refractivity contribution in [2.24, 2.45) is 5.92 Å². The van der Waals surface area contributed by atoms with Crippen LogP contribution in [0, 0.1) is 5.92 Å². The van der Waals surface area contributed by atoms with E-state index in [-0.39, 0.29) is 0 Å². The van der Waals surface area contributed by atoms with Gasteiger partial charge in [-0.1, -0.05) is 19.3 Å². The molecule has 1 saturated heterocycles. The second-order valence-electron chi connectivity index (χ2n) is 7.64. The van der Waals surface area contributed by atoms with Gasteiger partial charge in [0.15, 0.2) is 0 Å². The molecule has 3 heteroatoms. The molecule has 2 saturated carbocycles. The number of nitrogens with one attached hydrogen (secondary N) is 1. The van der Waals surface area contributed by atoms with Crippen molar-refractivity contribution in [1.29, 1.82) is 0 Å². The van der Waals surface area contributed by atoms with Crippen molar-refractivity contribution < 1.29 is 4.74 Å². The zero-order chi connectivity index (χ0) is 14.7. The van der Waals surface area contributed by atoms with Gasteiger partial charge in [-0.3, -0.25) is 4.90 Å². The van der Waals surface area contributed by atoms with Gasteiger partial charge in [-0.25, -0.2) is 0 Å². The third-order valence-corrected chi connectivity index (χ3v) is 6.27. The Morgan fingerprint density at radius 1 is 1.00 bits per heavy atom. The highest BCUT2D eigenvalue weighted by atomic mass is 16.5. The second kappa shape index (κ2) is 7.43. The lowest BCUT2D eigenvalue weighted by Gasteiger charge is -2.48. The van der Waals surface area contributed by atoms with E-state index in [2.05, 4.69) is 17.1 Å². The number of piperazine rings is 1. The Hall–Kier alpha value is -0.120. The predicted octanol–water partition coefficient (Wildman–Crippen LogP) is 3.19. The van der Waals surface area contributed by atoms with E-state index in [1.54, 1.807) is 0 Å². The topological polar surface area (TPSA) is 24.5 Å². The molecule has 0 bridgehead atoms. The van der Waals surface area contributed by atoms with Crippen molar-refractivity contribution in [3.8, 4) is 0 Å². The molecule has 0 aromatic rings. The highest BCUT2D eigenvalue weighted by Gasteiger charge is 2.36. The van der Waals surface area contributed by atoms with Crippen LogP contribution in [-0.2, 0) is 4.74 Å². The molecule has 0 radical (unpaired) electrons. The summed E-state index contributed by atoms with van der Waals surface area (Å²) < 4.78 is 5.65. The maximum atomic E-state index is 5.65. The first-order valence-corrected chi connectivity index (χ1v) is 9.30. The van der Waals surface area contributed by atoms with Crippen LogP contribution in [0.4, 0.5) is 0 Å². The smallest absolute Gasteiger partial charge is 0.0586 e. The Labute approximate surface area is 130 Å². The second-order valence-corrected chi connectivity index (χ2v) is 7.64. The number of nitrogens with zero attached hydrogens (tertiary/aromatic N) is 1. The van der Waals surface area contributed by atoms with Crippen molar-refractivity contribution in [3.63, 3.8) is 0 Å². The van der Waals surface area contributed by atoms with E-state index in [0.29, 0.717) is 12.1 Å². The molecule has 2 aliphatic carbocycles. The Kier molecular flexibility index (Phi) is 5.58. The molecule has 1 aliphatic heterocycles. The SMILES string of the molecule is COC1CCCC(N2CC(C3CCCCC3)NCC2C)C1. The molecule has 0 amide bonds. The minimum atomic E-state index is 0.499. The van der Waals surface area contributed by atoms with Gasteiger partial charge in [0.05, 0.1) is 6.10 Å². The molecule has 3 aliphatic rings. The summed E-state index contributed by atoms with van der Waals surface area (Å²) in [6.07, 6.45) is 13.0. The van der Waals surface area contributed by atoms with E-state index < -0.39 is 0 Å². The fourth-order valence-electron chi connectivity index (χ4n) is 4.91. The summed E-state index contributed by atoms with van der Waals surface area (Å²) in [4.78, 5) is 2.82. The molecular weight excluding hydrogens is 260 g/mol. The minimum absolute atomic E-state index is 0.499. The van der Waals surface area contributed by atoms with Crippen molar-refractivity contribution in [2.75, 3.05) is 20.2 Å². The summed E-state index contributed by atoms with van der Waals surface area (Å²) >= 11 is 0. The van der Waals surface area contributed by atoms with Gasteiger partial charge >= 0.3 is 0 Å². The lowest BCUT2D eigenvalue weighted by Crippen LogP contribution is -2.61. The molecule has 1 N–H and O–H groups in total. The molecule has 4 atom stereocenters. The summed E-state index contributed by atoms with van der Waals surface area (Å²) in [7, 11) is 1.89. The molecule has 4 unspecified atom stereocenters. The molecule has 0 spiro atoms. The van der Waals surface area contributed by atoms with E-state index >= 15 is 0 Å². The number of hydrogen-bond acceptors (Lipinski definition) is 3. The average Bonchev–Trinajstić information content (AvgIpc) is 2.56. The van der Waals surface area contributed by atoms with Crippen LogP contribution in [0.25, 0.3) is 0 Å². The molecule has 0 aromatic heterocycles. The Bertz CT molecular complexity index is 316. The fourth-order valence-corrected chi connectivity index (χ4v) is 4.91. The van der Waals surface area contributed by atoms with Crippen molar-refractivity contribution in [3.05, 3.63) is 0 Å². The molecule has 122 valence electrons. The van der Waals surface area contributed by atoms with Crippen molar-refractivity contribution in [2.45, 2.75) is 88.9 Å². The Morgan fingerprint density at radius 2 is 1.81 bits per heavy atom. The molecule has 0 aromatic carbocycles. The molecule has 1 heterocycles. The van der Waals surface area contributed by atoms with E-state index in [1.165, 1.54) is 70.9 Å². The third-order valence-electron chi connectivity index (χ3n) is 6.27. The first-order valence-electron chi connectivity index (χ1n) is 9.30. The van der Waals surface area contributed by atoms with Crippen LogP contribution in [0.3, 0.4) is 0 Å². The monoisotopic (exact) mass is 294 g/mol. The quantitative estimate of drug-likeness (QED) is 0.865. The van der Waals surface area contributed by atoms with Gasteiger partial charge in [0.1, 0.15) is 0 Å². The Morgan fingerprint density at radius 3 is 2.57 bits per heavy atom. The number of hydrogen-bond donors (Lipinski definition) is 1. The third kappa shape index (κ3) is 3.80. The molecule has 3 rings (SSSR count). The fraction of sp³-hybridized carbons (Fsp3) is 1.00. The first kappa shape index (κ1) is 15.8. The van der Waals surface area contributed by atoms with E-state index in [0.717, 1.165) is 18.0 Å². The summed E-state index contributed by atoms with van der Waals surface area (Å²) in [5.74, 6) is 0.926. The Balaban J connectivity index is 1.60. The van der Waals surface area contributed by atoms with Gasteiger partial charge < -0.3 is 10.1 Å². The summed E-state index contributed by atoms with van der Waals surface area (Å²) in [6, 6.07) is 2.18. The van der Waals surface area contributed by atoms with E-state index in [4.69, 9.17) is 4.74 Å². The van der Waals surface area contributed by atoms with Crippen LogP contribution < -0.4 is 5.32 Å². The van der Waals surface area contributed by atoms with Crippen molar-refractivity contribution in [1.82, 2.24) is 10.2 Å². The predicted molar refractivity (Wildman–Crippen MR) is 87.6 cm³/mol. The average molecular weight is 294 g/mol. The van der Waals surface area contributed by atoms with Gasteiger partial charge in [-0.2, -0.15) is 0 Å². The van der Waals surface area contributed by atoms with Gasteiger partial charge in [0.25, 0.3) is 0 Å². The van der Waals surface area contributed by atoms with Gasteiger partial charge in [0.2, 0.25) is 0 Å².